The molecule has 1 aliphatic heterocycles. The lowest BCUT2D eigenvalue weighted by Crippen LogP contribution is -2.47. The minimum Gasteiger partial charge on any atom is -0.341 e. The van der Waals surface area contributed by atoms with E-state index in [1.54, 1.807) is 6.20 Å². The molecule has 1 amide bonds. The van der Waals surface area contributed by atoms with Crippen LogP contribution in [0.15, 0.2) is 12.4 Å². The lowest BCUT2D eigenvalue weighted by Gasteiger charge is -2.36. The van der Waals surface area contributed by atoms with Crippen molar-refractivity contribution in [2.24, 2.45) is 7.05 Å². The van der Waals surface area contributed by atoms with Gasteiger partial charge in [0.1, 0.15) is 5.82 Å². The van der Waals surface area contributed by atoms with Crippen molar-refractivity contribution in [2.75, 3.05) is 27.2 Å². The van der Waals surface area contributed by atoms with Gasteiger partial charge in [0.05, 0.1) is 0 Å². The summed E-state index contributed by atoms with van der Waals surface area (Å²) in [7, 11) is 6.15. The number of aromatic nitrogens is 2. The van der Waals surface area contributed by atoms with E-state index in [2.05, 4.69) is 24.0 Å². The standard InChI is InChI=1S/C14H24N4O/c1-16(2)12-5-4-9-18(11-12)14(19)7-6-13-15-8-10-17(13)3/h8,10,12H,4-7,9,11H2,1-3H3/t12-/m1/s1. The van der Waals surface area contributed by atoms with Gasteiger partial charge in [0.2, 0.25) is 5.91 Å². The fraction of sp³-hybridized carbons (Fsp3) is 0.714. The van der Waals surface area contributed by atoms with Gasteiger partial charge in [-0.15, -0.1) is 0 Å². The molecule has 0 spiro atoms. The second-order valence-corrected chi connectivity index (χ2v) is 5.55. The molecule has 0 aliphatic carbocycles. The number of carbonyl (C=O) groups excluding carboxylic acids is 1. The number of likely N-dealkylation sites (tertiary alicyclic amines) is 1. The summed E-state index contributed by atoms with van der Waals surface area (Å²) >= 11 is 0. The van der Waals surface area contributed by atoms with Crippen molar-refractivity contribution in [1.82, 2.24) is 19.4 Å². The van der Waals surface area contributed by atoms with Gasteiger partial charge in [0, 0.05) is 51.4 Å². The van der Waals surface area contributed by atoms with E-state index in [1.165, 1.54) is 6.42 Å². The van der Waals surface area contributed by atoms with E-state index >= 15 is 0 Å². The van der Waals surface area contributed by atoms with Crippen molar-refractivity contribution in [1.29, 1.82) is 0 Å². The molecule has 0 N–H and O–H groups in total. The molecule has 0 aromatic carbocycles. The number of rotatable bonds is 4. The summed E-state index contributed by atoms with van der Waals surface area (Å²) in [6, 6.07) is 0.505. The summed E-state index contributed by atoms with van der Waals surface area (Å²) in [4.78, 5) is 20.7. The van der Waals surface area contributed by atoms with Crippen LogP contribution in [0.3, 0.4) is 0 Å². The lowest BCUT2D eigenvalue weighted by atomic mass is 10.0. The molecule has 0 bridgehead atoms. The second kappa shape index (κ2) is 6.19. The molecular formula is C14H24N4O. The third-order valence-electron chi connectivity index (χ3n) is 3.96. The summed E-state index contributed by atoms with van der Waals surface area (Å²) < 4.78 is 1.98. The Labute approximate surface area is 115 Å². The molecule has 0 saturated carbocycles. The van der Waals surface area contributed by atoms with Gasteiger partial charge >= 0.3 is 0 Å². The average molecular weight is 264 g/mol. The Hall–Kier alpha value is -1.36. The van der Waals surface area contributed by atoms with Crippen LogP contribution in [0.1, 0.15) is 25.1 Å². The van der Waals surface area contributed by atoms with E-state index in [-0.39, 0.29) is 5.91 Å². The first-order valence-corrected chi connectivity index (χ1v) is 6.98. The number of hydrogen-bond donors (Lipinski definition) is 0. The normalized spacial score (nSPS) is 20.0. The van der Waals surface area contributed by atoms with E-state index < -0.39 is 0 Å². The molecule has 1 atom stereocenters. The number of imidazole rings is 1. The third-order valence-corrected chi connectivity index (χ3v) is 3.96. The van der Waals surface area contributed by atoms with Crippen molar-refractivity contribution in [3.8, 4) is 0 Å². The Balaban J connectivity index is 1.84. The zero-order valence-electron chi connectivity index (χ0n) is 12.2. The number of aryl methyl sites for hydroxylation is 2. The highest BCUT2D eigenvalue weighted by Crippen LogP contribution is 2.15. The van der Waals surface area contributed by atoms with Crippen molar-refractivity contribution < 1.29 is 4.79 Å². The number of likely N-dealkylation sites (N-methyl/N-ethyl adjacent to an activating group) is 1. The topological polar surface area (TPSA) is 41.4 Å². The maximum Gasteiger partial charge on any atom is 0.223 e. The van der Waals surface area contributed by atoms with E-state index in [0.717, 1.165) is 31.8 Å². The van der Waals surface area contributed by atoms with Gasteiger partial charge in [-0.05, 0) is 26.9 Å². The van der Waals surface area contributed by atoms with Crippen LogP contribution in [-0.4, -0.2) is 58.5 Å². The maximum atomic E-state index is 12.2. The summed E-state index contributed by atoms with van der Waals surface area (Å²) in [5.74, 6) is 1.24. The first-order valence-electron chi connectivity index (χ1n) is 6.98. The zero-order chi connectivity index (χ0) is 13.8. The second-order valence-electron chi connectivity index (χ2n) is 5.55. The molecule has 106 valence electrons. The Morgan fingerprint density at radius 2 is 2.32 bits per heavy atom. The molecule has 0 unspecified atom stereocenters. The number of amides is 1. The SMILES string of the molecule is CN(C)[C@@H]1CCCN(C(=O)CCc2nccn2C)C1. The number of hydrogen-bond acceptors (Lipinski definition) is 3. The Morgan fingerprint density at radius 1 is 1.53 bits per heavy atom. The van der Waals surface area contributed by atoms with Crippen LogP contribution in [-0.2, 0) is 18.3 Å². The summed E-state index contributed by atoms with van der Waals surface area (Å²) in [6.45, 7) is 1.77. The van der Waals surface area contributed by atoms with Gasteiger partial charge in [0.15, 0.2) is 0 Å². The van der Waals surface area contributed by atoms with Crippen molar-refractivity contribution in [3.05, 3.63) is 18.2 Å². The molecule has 0 radical (unpaired) electrons. The van der Waals surface area contributed by atoms with E-state index in [9.17, 15) is 4.79 Å². The van der Waals surface area contributed by atoms with Crippen molar-refractivity contribution in [2.45, 2.75) is 31.7 Å². The van der Waals surface area contributed by atoms with E-state index in [1.807, 2.05) is 22.7 Å². The molecule has 1 saturated heterocycles. The molecule has 1 aromatic rings. The monoisotopic (exact) mass is 264 g/mol. The van der Waals surface area contributed by atoms with Crippen molar-refractivity contribution in [3.63, 3.8) is 0 Å². The lowest BCUT2D eigenvalue weighted by molar-refractivity contribution is -0.133. The summed E-state index contributed by atoms with van der Waals surface area (Å²) in [5.41, 5.74) is 0. The highest BCUT2D eigenvalue weighted by Gasteiger charge is 2.24. The van der Waals surface area contributed by atoms with Gasteiger partial charge in [-0.25, -0.2) is 4.98 Å². The van der Waals surface area contributed by atoms with Crippen LogP contribution in [0.25, 0.3) is 0 Å². The number of piperidine rings is 1. The van der Waals surface area contributed by atoms with Crippen LogP contribution in [0.4, 0.5) is 0 Å². The number of carbonyl (C=O) groups is 1. The largest absolute Gasteiger partial charge is 0.341 e. The molecule has 2 rings (SSSR count). The van der Waals surface area contributed by atoms with Gasteiger partial charge in [-0.2, -0.15) is 0 Å². The van der Waals surface area contributed by atoms with Gasteiger partial charge in [0.25, 0.3) is 0 Å². The van der Waals surface area contributed by atoms with Crippen LogP contribution >= 0.6 is 0 Å². The predicted octanol–water partition coefficient (Wildman–Crippen LogP) is 0.905. The highest BCUT2D eigenvalue weighted by molar-refractivity contribution is 5.76. The molecule has 1 aliphatic rings. The molecule has 5 nitrogen and oxygen atoms in total. The van der Waals surface area contributed by atoms with Crippen LogP contribution in [0.5, 0.6) is 0 Å². The highest BCUT2D eigenvalue weighted by atomic mass is 16.2. The molecule has 19 heavy (non-hydrogen) atoms. The Kier molecular flexibility index (Phi) is 4.58. The molecule has 2 heterocycles. The first-order chi connectivity index (χ1) is 9.08. The van der Waals surface area contributed by atoms with Crippen LogP contribution < -0.4 is 0 Å². The predicted molar refractivity (Wildman–Crippen MR) is 74.8 cm³/mol. The Bertz CT molecular complexity index is 427. The van der Waals surface area contributed by atoms with E-state index in [4.69, 9.17) is 0 Å². The quantitative estimate of drug-likeness (QED) is 0.811. The molecule has 1 aromatic heterocycles. The minimum atomic E-state index is 0.259. The molecule has 1 fully saturated rings. The first kappa shape index (κ1) is 14.1. The van der Waals surface area contributed by atoms with Crippen LogP contribution in [0.2, 0.25) is 0 Å². The fourth-order valence-electron chi connectivity index (χ4n) is 2.62. The maximum absolute atomic E-state index is 12.2. The molecular weight excluding hydrogens is 240 g/mol. The van der Waals surface area contributed by atoms with E-state index in [0.29, 0.717) is 12.5 Å². The molecule has 5 heteroatoms. The number of nitrogens with zero attached hydrogens (tertiary/aromatic N) is 4. The Morgan fingerprint density at radius 3 is 2.95 bits per heavy atom. The zero-order valence-corrected chi connectivity index (χ0v) is 12.2. The smallest absolute Gasteiger partial charge is 0.223 e. The van der Waals surface area contributed by atoms with Crippen molar-refractivity contribution >= 4 is 5.91 Å². The summed E-state index contributed by atoms with van der Waals surface area (Å²) in [5, 5.41) is 0. The third kappa shape index (κ3) is 3.56. The van der Waals surface area contributed by atoms with Gasteiger partial charge in [-0.1, -0.05) is 0 Å². The van der Waals surface area contributed by atoms with Crippen LogP contribution in [0, 0.1) is 0 Å². The van der Waals surface area contributed by atoms with Gasteiger partial charge in [-0.3, -0.25) is 4.79 Å². The minimum absolute atomic E-state index is 0.259. The average Bonchev–Trinajstić information content (AvgIpc) is 2.81. The fourth-order valence-corrected chi connectivity index (χ4v) is 2.62. The summed E-state index contributed by atoms with van der Waals surface area (Å²) in [6.07, 6.45) is 7.29. The van der Waals surface area contributed by atoms with Gasteiger partial charge < -0.3 is 14.4 Å².